The van der Waals surface area contributed by atoms with Crippen molar-refractivity contribution < 1.29 is 13.2 Å². The van der Waals surface area contributed by atoms with Crippen LogP contribution in [0.5, 0.6) is 0 Å². The molecule has 0 aliphatic heterocycles. The summed E-state index contributed by atoms with van der Waals surface area (Å²) >= 11 is 0. The standard InChI is InChI=1S/C21H23NO3S/c1-26(23,24)22(16-18-10-4-2-5-11-18)20-14-8-9-15-21(20)25-17-19-12-6-3-7-13-19/h2-7,9-13,15H,8,14,16-17H2,1H3. The van der Waals surface area contributed by atoms with E-state index in [1.807, 2.05) is 72.8 Å². The normalized spacial score (nSPS) is 14.3. The van der Waals surface area contributed by atoms with E-state index in [9.17, 15) is 8.42 Å². The summed E-state index contributed by atoms with van der Waals surface area (Å²) < 4.78 is 32.4. The second-order valence-corrected chi connectivity index (χ2v) is 8.19. The maximum absolute atomic E-state index is 12.5. The van der Waals surface area contributed by atoms with Crippen molar-refractivity contribution in [3.63, 3.8) is 0 Å². The highest BCUT2D eigenvalue weighted by Gasteiger charge is 2.24. The van der Waals surface area contributed by atoms with Gasteiger partial charge in [0.1, 0.15) is 12.4 Å². The first kappa shape index (κ1) is 18.3. The van der Waals surface area contributed by atoms with Gasteiger partial charge in [0, 0.05) is 0 Å². The van der Waals surface area contributed by atoms with Gasteiger partial charge in [-0.3, -0.25) is 4.31 Å². The molecule has 0 amide bonds. The molecular formula is C21H23NO3S. The van der Waals surface area contributed by atoms with E-state index in [1.165, 1.54) is 10.6 Å². The zero-order valence-corrected chi connectivity index (χ0v) is 15.7. The molecule has 4 nitrogen and oxygen atoms in total. The fraction of sp³-hybridized carbons (Fsp3) is 0.238. The first-order valence-electron chi connectivity index (χ1n) is 8.62. The van der Waals surface area contributed by atoms with Gasteiger partial charge < -0.3 is 4.74 Å². The summed E-state index contributed by atoms with van der Waals surface area (Å²) in [5.74, 6) is 0.626. The Balaban J connectivity index is 1.88. The zero-order valence-electron chi connectivity index (χ0n) is 14.8. The van der Waals surface area contributed by atoms with E-state index in [0.29, 0.717) is 25.3 Å². The highest BCUT2D eigenvalue weighted by atomic mass is 32.2. The van der Waals surface area contributed by atoms with Crippen molar-refractivity contribution in [2.75, 3.05) is 6.26 Å². The lowest BCUT2D eigenvalue weighted by Gasteiger charge is -2.28. The fourth-order valence-electron chi connectivity index (χ4n) is 2.91. The summed E-state index contributed by atoms with van der Waals surface area (Å²) in [4.78, 5) is 0. The predicted molar refractivity (Wildman–Crippen MR) is 103 cm³/mol. The van der Waals surface area contributed by atoms with E-state index >= 15 is 0 Å². The van der Waals surface area contributed by atoms with E-state index in [1.54, 1.807) is 0 Å². The molecular weight excluding hydrogens is 346 g/mol. The number of ether oxygens (including phenoxy) is 1. The highest BCUT2D eigenvalue weighted by Crippen LogP contribution is 2.28. The van der Waals surface area contributed by atoms with Crippen LogP contribution in [0.1, 0.15) is 24.0 Å². The summed E-state index contributed by atoms with van der Waals surface area (Å²) in [6.07, 6.45) is 6.59. The first-order valence-corrected chi connectivity index (χ1v) is 10.5. The topological polar surface area (TPSA) is 46.6 Å². The molecule has 1 aliphatic carbocycles. The number of nitrogens with zero attached hydrogens (tertiary/aromatic N) is 1. The Kier molecular flexibility index (Phi) is 5.78. The third kappa shape index (κ3) is 4.76. The molecule has 0 radical (unpaired) electrons. The predicted octanol–water partition coefficient (Wildman–Crippen LogP) is 4.23. The highest BCUT2D eigenvalue weighted by molar-refractivity contribution is 7.88. The Hall–Kier alpha value is -2.53. The van der Waals surface area contributed by atoms with Gasteiger partial charge in [-0.25, -0.2) is 8.42 Å². The summed E-state index contributed by atoms with van der Waals surface area (Å²) in [5, 5.41) is 0. The van der Waals surface area contributed by atoms with Crippen LogP contribution in [-0.4, -0.2) is 19.0 Å². The van der Waals surface area contributed by atoms with Crippen molar-refractivity contribution in [2.24, 2.45) is 0 Å². The number of hydrogen-bond donors (Lipinski definition) is 0. The van der Waals surface area contributed by atoms with E-state index in [2.05, 4.69) is 0 Å². The van der Waals surface area contributed by atoms with Crippen molar-refractivity contribution in [1.82, 2.24) is 4.31 Å². The molecule has 5 heteroatoms. The van der Waals surface area contributed by atoms with E-state index in [-0.39, 0.29) is 0 Å². The quantitative estimate of drug-likeness (QED) is 0.734. The Labute approximate surface area is 155 Å². The maximum Gasteiger partial charge on any atom is 0.232 e. The van der Waals surface area contributed by atoms with Crippen molar-refractivity contribution in [2.45, 2.75) is 26.0 Å². The molecule has 0 spiro atoms. The third-order valence-electron chi connectivity index (χ3n) is 4.21. The van der Waals surface area contributed by atoms with Crippen LogP contribution in [0.3, 0.4) is 0 Å². The van der Waals surface area contributed by atoms with Crippen molar-refractivity contribution >= 4 is 10.0 Å². The fourth-order valence-corrected chi connectivity index (χ4v) is 3.87. The Morgan fingerprint density at radius 1 is 0.962 bits per heavy atom. The number of hydrogen-bond acceptors (Lipinski definition) is 3. The lowest BCUT2D eigenvalue weighted by atomic mass is 10.1. The van der Waals surface area contributed by atoms with Gasteiger partial charge in [0.15, 0.2) is 0 Å². The molecule has 0 bridgehead atoms. The van der Waals surface area contributed by atoms with Gasteiger partial charge in [0.05, 0.1) is 18.5 Å². The van der Waals surface area contributed by atoms with Crippen molar-refractivity contribution in [3.8, 4) is 0 Å². The molecule has 136 valence electrons. The molecule has 26 heavy (non-hydrogen) atoms. The van der Waals surface area contributed by atoms with Gasteiger partial charge in [-0.05, 0) is 30.0 Å². The van der Waals surface area contributed by atoms with Gasteiger partial charge >= 0.3 is 0 Å². The summed E-state index contributed by atoms with van der Waals surface area (Å²) in [6, 6.07) is 19.5. The number of sulfonamides is 1. The van der Waals surface area contributed by atoms with Crippen LogP contribution in [0.2, 0.25) is 0 Å². The molecule has 0 atom stereocenters. The number of benzene rings is 2. The van der Waals surface area contributed by atoms with E-state index in [0.717, 1.165) is 23.2 Å². The number of allylic oxidation sites excluding steroid dienone is 3. The molecule has 3 rings (SSSR count). The summed E-state index contributed by atoms with van der Waals surface area (Å²) in [5.41, 5.74) is 2.71. The molecule has 0 aromatic heterocycles. The minimum Gasteiger partial charge on any atom is -0.487 e. The zero-order chi connectivity index (χ0) is 18.4. The van der Waals surface area contributed by atoms with Gasteiger partial charge in [0.25, 0.3) is 0 Å². The van der Waals surface area contributed by atoms with E-state index in [4.69, 9.17) is 4.74 Å². The monoisotopic (exact) mass is 369 g/mol. The van der Waals surface area contributed by atoms with Crippen LogP contribution in [-0.2, 0) is 27.9 Å². The molecule has 0 saturated carbocycles. The summed E-state index contributed by atoms with van der Waals surface area (Å²) in [7, 11) is -3.42. The molecule has 0 fully saturated rings. The third-order valence-corrected chi connectivity index (χ3v) is 5.36. The molecule has 0 heterocycles. The van der Waals surface area contributed by atoms with Crippen molar-refractivity contribution in [3.05, 3.63) is 95.4 Å². The van der Waals surface area contributed by atoms with Gasteiger partial charge in [-0.15, -0.1) is 0 Å². The van der Waals surface area contributed by atoms with Gasteiger partial charge in [-0.2, -0.15) is 0 Å². The van der Waals surface area contributed by atoms with E-state index < -0.39 is 10.0 Å². The second kappa shape index (κ2) is 8.23. The smallest absolute Gasteiger partial charge is 0.232 e. The summed E-state index contributed by atoms with van der Waals surface area (Å²) in [6.45, 7) is 0.716. The lowest BCUT2D eigenvalue weighted by molar-refractivity contribution is 0.198. The SMILES string of the molecule is CS(=O)(=O)N(Cc1ccccc1)C1=C(OCc2ccccc2)C=CCC1. The van der Waals surface area contributed by atoms with Crippen LogP contribution in [0, 0.1) is 0 Å². The van der Waals surface area contributed by atoms with Crippen LogP contribution in [0.15, 0.2) is 84.3 Å². The average molecular weight is 369 g/mol. The Morgan fingerprint density at radius 3 is 2.19 bits per heavy atom. The number of rotatable bonds is 7. The molecule has 2 aromatic rings. The van der Waals surface area contributed by atoms with Crippen LogP contribution < -0.4 is 0 Å². The Morgan fingerprint density at radius 2 is 1.58 bits per heavy atom. The molecule has 0 N–H and O–H groups in total. The largest absolute Gasteiger partial charge is 0.487 e. The minimum absolute atomic E-state index is 0.307. The molecule has 2 aromatic carbocycles. The maximum atomic E-state index is 12.5. The van der Waals surface area contributed by atoms with Crippen LogP contribution in [0.25, 0.3) is 0 Å². The lowest BCUT2D eigenvalue weighted by Crippen LogP contribution is -2.30. The van der Waals surface area contributed by atoms with Gasteiger partial charge in [0.2, 0.25) is 10.0 Å². The molecule has 0 unspecified atom stereocenters. The average Bonchev–Trinajstić information content (AvgIpc) is 2.66. The van der Waals surface area contributed by atoms with Crippen LogP contribution in [0.4, 0.5) is 0 Å². The molecule has 0 saturated heterocycles. The van der Waals surface area contributed by atoms with Gasteiger partial charge in [-0.1, -0.05) is 66.7 Å². The Bertz CT molecular complexity index is 887. The van der Waals surface area contributed by atoms with Crippen molar-refractivity contribution in [1.29, 1.82) is 0 Å². The van der Waals surface area contributed by atoms with Crippen LogP contribution >= 0.6 is 0 Å². The molecule has 1 aliphatic rings. The first-order chi connectivity index (χ1) is 12.5. The second-order valence-electron chi connectivity index (χ2n) is 6.28. The minimum atomic E-state index is -3.42.